The molecule has 0 spiro atoms. The van der Waals surface area contributed by atoms with E-state index >= 15 is 0 Å². The molecule has 7 nitrogen and oxygen atoms in total. The molecule has 0 bridgehead atoms. The summed E-state index contributed by atoms with van der Waals surface area (Å²) >= 11 is 0. The predicted molar refractivity (Wildman–Crippen MR) is 75.9 cm³/mol. The summed E-state index contributed by atoms with van der Waals surface area (Å²) in [6.07, 6.45) is -4.07. The summed E-state index contributed by atoms with van der Waals surface area (Å²) in [7, 11) is 0. The molecule has 2 N–H and O–H groups in total. The number of carbonyl (C=O) groups is 3. The Hall–Kier alpha value is 3.25. The van der Waals surface area contributed by atoms with E-state index in [1.807, 2.05) is 0 Å². The minimum absolute atomic E-state index is 0. The molecule has 0 aromatic heterocycles. The topological polar surface area (TPSA) is 110 Å². The standard InChI is InChI=1S/C7H10O7.4Ca.8H/c1-3(5(8)9)13-7(12)14-4(2)6(10)11;;;;;;;;;;;;/h3-4H,1-2H3,(H,8,9)(H,10,11);;;;;;;;;;;;. The molecule has 0 aromatic carbocycles. The van der Waals surface area contributed by atoms with Crippen LogP contribution >= 0.6 is 0 Å². The van der Waals surface area contributed by atoms with Gasteiger partial charge in [0.2, 0.25) is 0 Å². The van der Waals surface area contributed by atoms with Crippen LogP contribution < -0.4 is 0 Å². The van der Waals surface area contributed by atoms with Gasteiger partial charge in [0.25, 0.3) is 0 Å². The quantitative estimate of drug-likeness (QED) is 0.387. The number of ether oxygens (including phenoxy) is 2. The number of aliphatic carboxylic acids is 2. The third kappa shape index (κ3) is 17.3. The number of hydrogen-bond acceptors (Lipinski definition) is 5. The van der Waals surface area contributed by atoms with Crippen LogP contribution in [-0.2, 0) is 19.1 Å². The second-order valence-electron chi connectivity index (χ2n) is 2.45. The van der Waals surface area contributed by atoms with Gasteiger partial charge in [0, 0.05) is 0 Å². The summed E-state index contributed by atoms with van der Waals surface area (Å²) in [6.45, 7) is 2.24. The summed E-state index contributed by atoms with van der Waals surface area (Å²) in [4.78, 5) is 31.1. The summed E-state index contributed by atoms with van der Waals surface area (Å²) in [5.41, 5.74) is 0. The van der Waals surface area contributed by atoms with E-state index in [-0.39, 0.29) is 151 Å². The molecule has 2 unspecified atom stereocenters. The zero-order valence-corrected chi connectivity index (χ0v) is 7.59. The van der Waals surface area contributed by atoms with Crippen LogP contribution in [0.1, 0.15) is 13.8 Å². The Labute approximate surface area is 224 Å². The fourth-order valence-corrected chi connectivity index (χ4v) is 0.417. The SMILES string of the molecule is CC(OC(=O)OC(C)C(=O)O)C(=O)O.[CaH2].[CaH2].[CaH2].[CaH2]. The average Bonchev–Trinajstić information content (AvgIpc) is 2.03. The fourth-order valence-electron chi connectivity index (χ4n) is 0.417. The second-order valence-corrected chi connectivity index (χ2v) is 2.45. The first-order chi connectivity index (χ1) is 6.34. The Bertz CT molecular complexity index is 236. The van der Waals surface area contributed by atoms with Gasteiger partial charge in [0.15, 0.2) is 12.2 Å². The van der Waals surface area contributed by atoms with Crippen molar-refractivity contribution in [1.82, 2.24) is 0 Å². The number of carbonyl (C=O) groups excluding carboxylic acids is 1. The Morgan fingerprint density at radius 1 is 0.778 bits per heavy atom. The number of carboxylic acids is 2. The minimum atomic E-state index is -1.37. The van der Waals surface area contributed by atoms with Crippen LogP contribution in [0, 0.1) is 0 Å². The summed E-state index contributed by atoms with van der Waals surface area (Å²) < 4.78 is 8.42. The van der Waals surface area contributed by atoms with Crippen molar-refractivity contribution in [3.8, 4) is 0 Å². The van der Waals surface area contributed by atoms with Crippen LogP contribution in [0.5, 0.6) is 0 Å². The van der Waals surface area contributed by atoms with E-state index in [9.17, 15) is 14.4 Å². The van der Waals surface area contributed by atoms with Crippen LogP contribution in [0.4, 0.5) is 4.79 Å². The van der Waals surface area contributed by atoms with E-state index in [1.54, 1.807) is 0 Å². The third-order valence-corrected chi connectivity index (χ3v) is 1.24. The van der Waals surface area contributed by atoms with Gasteiger partial charge in [-0.3, -0.25) is 0 Å². The van der Waals surface area contributed by atoms with Crippen molar-refractivity contribution in [1.29, 1.82) is 0 Å². The fraction of sp³-hybridized carbons (Fsp3) is 0.571. The number of hydrogen-bond donors (Lipinski definition) is 2. The molecule has 0 aliphatic rings. The maximum atomic E-state index is 10.7. The van der Waals surface area contributed by atoms with E-state index in [0.29, 0.717) is 0 Å². The molecule has 0 fully saturated rings. The van der Waals surface area contributed by atoms with Crippen molar-refractivity contribution < 1.29 is 34.1 Å². The van der Waals surface area contributed by atoms with Crippen molar-refractivity contribution in [2.75, 3.05) is 0 Å². The molecule has 0 aromatic rings. The molecule has 0 aliphatic heterocycles. The van der Waals surface area contributed by atoms with Gasteiger partial charge in [-0.15, -0.1) is 0 Å². The molecule has 0 heterocycles. The molecule has 0 aliphatic carbocycles. The molecular formula is C7H18Ca4O7. The van der Waals surface area contributed by atoms with Crippen LogP contribution in [0.25, 0.3) is 0 Å². The molecule has 11 heteroatoms. The van der Waals surface area contributed by atoms with Crippen molar-refractivity contribution in [3.63, 3.8) is 0 Å². The summed E-state index contributed by atoms with van der Waals surface area (Å²) in [5, 5.41) is 16.7. The maximum absolute atomic E-state index is 10.7. The average molecular weight is 375 g/mol. The predicted octanol–water partition coefficient (Wildman–Crippen LogP) is -3.58. The molecule has 2 atom stereocenters. The summed E-state index contributed by atoms with van der Waals surface area (Å²) in [6, 6.07) is 0. The van der Waals surface area contributed by atoms with E-state index in [1.165, 1.54) is 0 Å². The van der Waals surface area contributed by atoms with Gasteiger partial charge in [-0.25, -0.2) is 14.4 Å². The zero-order chi connectivity index (χ0) is 11.3. The number of carboxylic acid groups (broad SMARTS) is 2. The van der Waals surface area contributed by atoms with Gasteiger partial charge in [0.05, 0.1) is 0 Å². The van der Waals surface area contributed by atoms with Crippen LogP contribution in [0.3, 0.4) is 0 Å². The first-order valence-electron chi connectivity index (χ1n) is 3.67. The third-order valence-electron chi connectivity index (χ3n) is 1.24. The first-order valence-corrected chi connectivity index (χ1v) is 3.67. The summed E-state index contributed by atoms with van der Waals surface area (Å²) in [5.74, 6) is -2.69. The van der Waals surface area contributed by atoms with Gasteiger partial charge in [0.1, 0.15) is 0 Å². The Morgan fingerprint density at radius 3 is 1.17 bits per heavy atom. The molecule has 0 radical (unpaired) electrons. The molecule has 96 valence electrons. The van der Waals surface area contributed by atoms with Crippen molar-refractivity contribution in [3.05, 3.63) is 0 Å². The Balaban J connectivity index is -0.000000141. The van der Waals surface area contributed by atoms with Gasteiger partial charge in [-0.1, -0.05) is 0 Å². The van der Waals surface area contributed by atoms with E-state index < -0.39 is 30.3 Å². The normalized spacial score (nSPS) is 10.8. The van der Waals surface area contributed by atoms with Crippen molar-refractivity contribution >= 4 is 169 Å². The van der Waals surface area contributed by atoms with Crippen molar-refractivity contribution in [2.24, 2.45) is 0 Å². The zero-order valence-electron chi connectivity index (χ0n) is 7.59. The van der Waals surface area contributed by atoms with Crippen molar-refractivity contribution in [2.45, 2.75) is 26.1 Å². The second kappa shape index (κ2) is 18.3. The van der Waals surface area contributed by atoms with Gasteiger partial charge >= 0.3 is 169 Å². The van der Waals surface area contributed by atoms with Crippen LogP contribution in [0.15, 0.2) is 0 Å². The Kier molecular flexibility index (Phi) is 33.5. The first kappa shape index (κ1) is 33.0. The van der Waals surface area contributed by atoms with Gasteiger partial charge in [-0.05, 0) is 13.8 Å². The molecule has 0 saturated heterocycles. The number of rotatable bonds is 4. The van der Waals surface area contributed by atoms with Crippen LogP contribution in [-0.4, -0.2) is 191 Å². The molecule has 0 rings (SSSR count). The van der Waals surface area contributed by atoms with Gasteiger partial charge < -0.3 is 19.7 Å². The molecule has 18 heavy (non-hydrogen) atoms. The molecule has 0 saturated carbocycles. The Morgan fingerprint density at radius 2 is 1.00 bits per heavy atom. The van der Waals surface area contributed by atoms with E-state index in [2.05, 4.69) is 9.47 Å². The van der Waals surface area contributed by atoms with Crippen LogP contribution in [0.2, 0.25) is 0 Å². The molecule has 0 amide bonds. The monoisotopic (exact) mass is 374 g/mol. The van der Waals surface area contributed by atoms with E-state index in [4.69, 9.17) is 10.2 Å². The molecular weight excluding hydrogens is 356 g/mol. The van der Waals surface area contributed by atoms with E-state index in [0.717, 1.165) is 13.8 Å². The van der Waals surface area contributed by atoms with Gasteiger partial charge in [-0.2, -0.15) is 0 Å².